The Morgan fingerprint density at radius 1 is 1.40 bits per heavy atom. The summed E-state index contributed by atoms with van der Waals surface area (Å²) in [7, 11) is 1.32. The number of carbonyl (C=O) groups is 2. The first-order valence-corrected chi connectivity index (χ1v) is 5.73. The standard InChI is InChI=1S/C10H19NO3S/c1-7(12)11-8(9(13)14-5)6-15-10(2,3)4/h8H,6H2,1-5H3,(H,11,12). The fourth-order valence-electron chi connectivity index (χ4n) is 0.890. The van der Waals surface area contributed by atoms with Crippen molar-refractivity contribution in [3.8, 4) is 0 Å². The van der Waals surface area contributed by atoms with Gasteiger partial charge in [0, 0.05) is 17.4 Å². The first-order valence-electron chi connectivity index (χ1n) is 4.75. The molecule has 0 aliphatic heterocycles. The Morgan fingerprint density at radius 3 is 2.27 bits per heavy atom. The minimum atomic E-state index is -0.559. The molecule has 88 valence electrons. The van der Waals surface area contributed by atoms with Crippen LogP contribution in [0.4, 0.5) is 0 Å². The summed E-state index contributed by atoms with van der Waals surface area (Å²) in [5, 5.41) is 2.57. The predicted molar refractivity (Wildman–Crippen MR) is 61.8 cm³/mol. The third-order valence-electron chi connectivity index (χ3n) is 1.55. The van der Waals surface area contributed by atoms with Gasteiger partial charge in [-0.15, -0.1) is 0 Å². The second kappa shape index (κ2) is 6.00. The number of hydrogen-bond acceptors (Lipinski definition) is 4. The zero-order valence-electron chi connectivity index (χ0n) is 9.92. The maximum atomic E-state index is 11.3. The van der Waals surface area contributed by atoms with Gasteiger partial charge in [-0.1, -0.05) is 20.8 Å². The molecule has 0 aromatic rings. The molecule has 0 saturated carbocycles. The lowest BCUT2D eigenvalue weighted by Gasteiger charge is -2.21. The third-order valence-corrected chi connectivity index (χ3v) is 2.91. The highest BCUT2D eigenvalue weighted by atomic mass is 32.2. The van der Waals surface area contributed by atoms with Gasteiger partial charge in [-0.05, 0) is 0 Å². The third kappa shape index (κ3) is 7.25. The molecule has 15 heavy (non-hydrogen) atoms. The Kier molecular flexibility index (Phi) is 5.72. The van der Waals surface area contributed by atoms with Gasteiger partial charge in [0.25, 0.3) is 0 Å². The van der Waals surface area contributed by atoms with E-state index in [9.17, 15) is 9.59 Å². The molecule has 5 heteroatoms. The van der Waals surface area contributed by atoms with Crippen LogP contribution in [0.25, 0.3) is 0 Å². The molecule has 0 spiro atoms. The van der Waals surface area contributed by atoms with Gasteiger partial charge in [-0.25, -0.2) is 4.79 Å². The second-order valence-corrected chi connectivity index (χ2v) is 6.05. The van der Waals surface area contributed by atoms with Gasteiger partial charge in [-0.3, -0.25) is 4.79 Å². The SMILES string of the molecule is COC(=O)C(CSC(C)(C)C)NC(C)=O. The summed E-state index contributed by atoms with van der Waals surface area (Å²) in [6.45, 7) is 7.55. The Balaban J connectivity index is 4.25. The first kappa shape index (κ1) is 14.3. The number of ether oxygens (including phenoxy) is 1. The van der Waals surface area contributed by atoms with Crippen LogP contribution in [0, 0.1) is 0 Å². The maximum absolute atomic E-state index is 11.3. The molecule has 0 bridgehead atoms. The molecule has 0 aromatic carbocycles. The van der Waals surface area contributed by atoms with E-state index in [2.05, 4.69) is 30.8 Å². The van der Waals surface area contributed by atoms with Gasteiger partial charge in [0.15, 0.2) is 0 Å². The van der Waals surface area contributed by atoms with Gasteiger partial charge in [-0.2, -0.15) is 11.8 Å². The lowest BCUT2D eigenvalue weighted by molar-refractivity contribution is -0.144. The molecular formula is C10H19NO3S. The van der Waals surface area contributed by atoms with E-state index in [1.54, 1.807) is 11.8 Å². The Bertz CT molecular complexity index is 235. The van der Waals surface area contributed by atoms with Crippen LogP contribution in [0.2, 0.25) is 0 Å². The number of esters is 1. The Hall–Kier alpha value is -0.710. The number of amides is 1. The van der Waals surface area contributed by atoms with Crippen LogP contribution < -0.4 is 5.32 Å². The maximum Gasteiger partial charge on any atom is 0.329 e. The minimum Gasteiger partial charge on any atom is -0.467 e. The number of methoxy groups -OCH3 is 1. The Morgan fingerprint density at radius 2 is 1.93 bits per heavy atom. The summed E-state index contributed by atoms with van der Waals surface area (Å²) >= 11 is 1.61. The van der Waals surface area contributed by atoms with Gasteiger partial charge < -0.3 is 10.1 Å². The van der Waals surface area contributed by atoms with E-state index in [1.807, 2.05) is 0 Å². The average molecular weight is 233 g/mol. The molecule has 1 atom stereocenters. The van der Waals surface area contributed by atoms with Gasteiger partial charge in [0.2, 0.25) is 5.91 Å². The van der Waals surface area contributed by atoms with Crippen LogP contribution in [-0.2, 0) is 14.3 Å². The highest BCUT2D eigenvalue weighted by molar-refractivity contribution is 8.00. The zero-order chi connectivity index (χ0) is 12.1. The molecule has 0 heterocycles. The largest absolute Gasteiger partial charge is 0.467 e. The summed E-state index contributed by atoms with van der Waals surface area (Å²) < 4.78 is 4.67. The van der Waals surface area contributed by atoms with Crippen LogP contribution in [0.3, 0.4) is 0 Å². The van der Waals surface area contributed by atoms with Crippen LogP contribution in [-0.4, -0.2) is 35.5 Å². The molecule has 0 radical (unpaired) electrons. The fraction of sp³-hybridized carbons (Fsp3) is 0.800. The number of nitrogens with one attached hydrogen (secondary N) is 1. The van der Waals surface area contributed by atoms with E-state index < -0.39 is 12.0 Å². The number of thioether (sulfide) groups is 1. The van der Waals surface area contributed by atoms with E-state index in [0.717, 1.165) is 0 Å². The molecule has 0 fully saturated rings. The molecule has 0 saturated heterocycles. The normalized spacial score (nSPS) is 13.1. The number of carbonyl (C=O) groups excluding carboxylic acids is 2. The van der Waals surface area contributed by atoms with Crippen LogP contribution in [0.5, 0.6) is 0 Å². The minimum absolute atomic E-state index is 0.0603. The lowest BCUT2D eigenvalue weighted by atomic mass is 10.3. The van der Waals surface area contributed by atoms with E-state index >= 15 is 0 Å². The zero-order valence-corrected chi connectivity index (χ0v) is 10.7. The molecule has 0 aromatic heterocycles. The first-order chi connectivity index (χ1) is 6.76. The van der Waals surface area contributed by atoms with Crippen molar-refractivity contribution in [3.05, 3.63) is 0 Å². The smallest absolute Gasteiger partial charge is 0.329 e. The second-order valence-electron chi connectivity index (χ2n) is 4.20. The molecule has 1 unspecified atom stereocenters. The van der Waals surface area contributed by atoms with Crippen molar-refractivity contribution in [3.63, 3.8) is 0 Å². The van der Waals surface area contributed by atoms with E-state index in [0.29, 0.717) is 5.75 Å². The van der Waals surface area contributed by atoms with Gasteiger partial charge >= 0.3 is 5.97 Å². The summed E-state index contributed by atoms with van der Waals surface area (Å²) in [4.78, 5) is 22.2. The van der Waals surface area contributed by atoms with Crippen molar-refractivity contribution in [1.82, 2.24) is 5.32 Å². The predicted octanol–water partition coefficient (Wildman–Crippen LogP) is 1.20. The van der Waals surface area contributed by atoms with E-state index in [4.69, 9.17) is 0 Å². The van der Waals surface area contributed by atoms with Crippen molar-refractivity contribution >= 4 is 23.6 Å². The molecular weight excluding hydrogens is 214 g/mol. The number of hydrogen-bond donors (Lipinski definition) is 1. The molecule has 1 N–H and O–H groups in total. The van der Waals surface area contributed by atoms with Crippen molar-refractivity contribution in [1.29, 1.82) is 0 Å². The molecule has 0 aliphatic rings. The lowest BCUT2D eigenvalue weighted by Crippen LogP contribution is -2.42. The van der Waals surface area contributed by atoms with Crippen molar-refractivity contribution < 1.29 is 14.3 Å². The van der Waals surface area contributed by atoms with E-state index in [-0.39, 0.29) is 10.7 Å². The monoisotopic (exact) mass is 233 g/mol. The molecule has 0 aliphatic carbocycles. The fourth-order valence-corrected chi connectivity index (χ4v) is 1.78. The quantitative estimate of drug-likeness (QED) is 0.741. The Labute approximate surface area is 95.1 Å². The number of rotatable bonds is 4. The topological polar surface area (TPSA) is 55.4 Å². The summed E-state index contributed by atoms with van der Waals surface area (Å²) in [5.41, 5.74) is 0. The average Bonchev–Trinajstić information content (AvgIpc) is 2.09. The van der Waals surface area contributed by atoms with Crippen molar-refractivity contribution in [2.45, 2.75) is 38.5 Å². The molecule has 0 rings (SSSR count). The molecule has 1 amide bonds. The van der Waals surface area contributed by atoms with Gasteiger partial charge in [0.1, 0.15) is 6.04 Å². The van der Waals surface area contributed by atoms with Crippen molar-refractivity contribution in [2.24, 2.45) is 0 Å². The van der Waals surface area contributed by atoms with Crippen LogP contribution in [0.15, 0.2) is 0 Å². The van der Waals surface area contributed by atoms with Crippen LogP contribution in [0.1, 0.15) is 27.7 Å². The summed E-state index contributed by atoms with van der Waals surface area (Å²) in [6.07, 6.45) is 0. The van der Waals surface area contributed by atoms with Gasteiger partial charge in [0.05, 0.1) is 7.11 Å². The highest BCUT2D eigenvalue weighted by Gasteiger charge is 2.23. The van der Waals surface area contributed by atoms with Crippen molar-refractivity contribution in [2.75, 3.05) is 12.9 Å². The molecule has 4 nitrogen and oxygen atoms in total. The summed E-state index contributed by atoms with van der Waals surface area (Å²) in [5.74, 6) is -0.0997. The van der Waals surface area contributed by atoms with E-state index in [1.165, 1.54) is 14.0 Å². The highest BCUT2D eigenvalue weighted by Crippen LogP contribution is 2.23. The van der Waals surface area contributed by atoms with Crippen LogP contribution >= 0.6 is 11.8 Å². The summed E-state index contributed by atoms with van der Waals surface area (Å²) in [6, 6.07) is -0.559.